The first kappa shape index (κ1) is 36.9. The van der Waals surface area contributed by atoms with Crippen LogP contribution in [0.25, 0.3) is 0 Å². The van der Waals surface area contributed by atoms with E-state index in [9.17, 15) is 20.1 Å². The molecule has 0 saturated carbocycles. The van der Waals surface area contributed by atoms with Crippen molar-refractivity contribution in [3.05, 3.63) is 130 Å². The molecule has 1 atom stereocenters. The minimum absolute atomic E-state index is 0.0909. The average molecular weight is 599 g/mol. The monoisotopic (exact) mass is 598 g/mol. The van der Waals surface area contributed by atoms with Gasteiger partial charge in [0.15, 0.2) is 11.6 Å². The fourth-order valence-electron chi connectivity index (χ4n) is 5.58. The number of ketones is 1. The van der Waals surface area contributed by atoms with Gasteiger partial charge in [0.1, 0.15) is 6.10 Å². The summed E-state index contributed by atoms with van der Waals surface area (Å²) in [5.74, 6) is -1.89. The molecule has 0 fully saturated rings. The molecule has 3 N–H and O–H groups in total. The molecular formula is C40H54O4. The van der Waals surface area contributed by atoms with Crippen molar-refractivity contribution < 1.29 is 20.1 Å². The highest BCUT2D eigenvalue weighted by molar-refractivity contribution is 6.00. The van der Waals surface area contributed by atoms with E-state index in [2.05, 4.69) is 65.8 Å². The number of hydrogen-bond donors (Lipinski definition) is 3. The highest BCUT2D eigenvalue weighted by Gasteiger charge is 2.39. The maximum atomic E-state index is 12.2. The number of allylic oxidation sites excluding steroid dienone is 20. The lowest BCUT2D eigenvalue weighted by Gasteiger charge is -2.39. The first-order valence-electron chi connectivity index (χ1n) is 15.6. The molecule has 0 aromatic carbocycles. The van der Waals surface area contributed by atoms with Gasteiger partial charge < -0.3 is 15.3 Å². The van der Waals surface area contributed by atoms with Crippen molar-refractivity contribution >= 4 is 5.78 Å². The zero-order valence-electron chi connectivity index (χ0n) is 28.5. The van der Waals surface area contributed by atoms with E-state index in [0.717, 1.165) is 39.9 Å². The fourth-order valence-corrected chi connectivity index (χ4v) is 5.58. The third-order valence-corrected chi connectivity index (χ3v) is 8.63. The second kappa shape index (κ2) is 15.6. The Balaban J connectivity index is 1.95. The molecule has 0 aromatic heterocycles. The molecule has 44 heavy (non-hydrogen) atoms. The van der Waals surface area contributed by atoms with Crippen LogP contribution in [0, 0.1) is 10.8 Å². The Bertz CT molecular complexity index is 1420. The Morgan fingerprint density at radius 2 is 1.09 bits per heavy atom. The van der Waals surface area contributed by atoms with E-state index in [1.165, 1.54) is 0 Å². The summed E-state index contributed by atoms with van der Waals surface area (Å²) >= 11 is 0. The van der Waals surface area contributed by atoms with Crippen LogP contribution in [-0.2, 0) is 4.79 Å². The fraction of sp³-hybridized carbons (Fsp3) is 0.425. The molecule has 0 heterocycles. The van der Waals surface area contributed by atoms with Crippen LogP contribution in [0.3, 0.4) is 0 Å². The highest BCUT2D eigenvalue weighted by atomic mass is 16.5. The number of carbonyl (C=O) groups is 1. The Morgan fingerprint density at radius 1 is 0.659 bits per heavy atom. The molecule has 2 rings (SSSR count). The number of rotatable bonds is 10. The van der Waals surface area contributed by atoms with Gasteiger partial charge in [-0.15, -0.1) is 0 Å². The maximum absolute atomic E-state index is 12.2. The summed E-state index contributed by atoms with van der Waals surface area (Å²) < 4.78 is 0. The smallest absolute Gasteiger partial charge is 0.187 e. The van der Waals surface area contributed by atoms with Gasteiger partial charge in [0.2, 0.25) is 0 Å². The van der Waals surface area contributed by atoms with Gasteiger partial charge in [-0.3, -0.25) is 4.79 Å². The summed E-state index contributed by atoms with van der Waals surface area (Å²) in [6.45, 7) is 20.2. The number of aliphatic hydroxyl groups excluding tert-OH is 1. The summed E-state index contributed by atoms with van der Waals surface area (Å²) in [7, 11) is 0. The van der Waals surface area contributed by atoms with Crippen LogP contribution >= 0.6 is 0 Å². The van der Waals surface area contributed by atoms with E-state index in [1.54, 1.807) is 6.92 Å². The van der Waals surface area contributed by atoms with Crippen LogP contribution in [-0.4, -0.2) is 33.0 Å². The molecule has 0 saturated heterocycles. The number of aliphatic hydroxyl groups is 3. The van der Waals surface area contributed by atoms with E-state index < -0.39 is 11.9 Å². The van der Waals surface area contributed by atoms with Gasteiger partial charge in [-0.1, -0.05) is 135 Å². The predicted molar refractivity (Wildman–Crippen MR) is 186 cm³/mol. The largest absolute Gasteiger partial charge is 0.385 e. The standard InChI is InChI=1S/C40H54O4/c1-28(17-13-19-30(3)21-23-34-32(5)37(42)36(41)27-39(34,9)10)15-11-12-16-29(2)18-14-20-31(4)22-24-35-33(6)40(43,44)26-25-38(35,7)8/h11-24,36,41,43-44H,25-27H2,1-10H3/b12-11+,17-13+,18-14+,23-21+,24-22+,28-15+,29-16+,30-19+,31-20+. The second-order valence-corrected chi connectivity index (χ2v) is 13.7. The summed E-state index contributed by atoms with van der Waals surface area (Å²) in [5.41, 5.74) is 7.33. The summed E-state index contributed by atoms with van der Waals surface area (Å²) in [4.78, 5) is 12.2. The van der Waals surface area contributed by atoms with Gasteiger partial charge in [0.05, 0.1) is 0 Å². The molecule has 4 nitrogen and oxygen atoms in total. The minimum atomic E-state index is -1.72. The van der Waals surface area contributed by atoms with Crippen molar-refractivity contribution in [2.45, 2.75) is 100 Å². The lowest BCUT2D eigenvalue weighted by molar-refractivity contribution is -0.143. The predicted octanol–water partition coefficient (Wildman–Crippen LogP) is 9.05. The molecule has 238 valence electrons. The minimum Gasteiger partial charge on any atom is -0.385 e. The Labute approximate surface area is 266 Å². The SMILES string of the molecule is CC1=C(/C=C/C(C)=C/C=C/C(C)=C/C=C/C=C(C)/C=C/C=C(C)/C=C/C2=C(C)C(O)(O)CCC2(C)C)C(C)(C)CC(O)C1=O. The van der Waals surface area contributed by atoms with Crippen LogP contribution in [0.4, 0.5) is 0 Å². The van der Waals surface area contributed by atoms with Gasteiger partial charge in [-0.2, -0.15) is 0 Å². The van der Waals surface area contributed by atoms with E-state index in [0.29, 0.717) is 24.0 Å². The number of Topliss-reactive ketones (excluding diaryl/α,β-unsaturated/α-hetero) is 1. The van der Waals surface area contributed by atoms with Crippen molar-refractivity contribution in [1.29, 1.82) is 0 Å². The van der Waals surface area contributed by atoms with Crippen molar-refractivity contribution in [2.75, 3.05) is 0 Å². The topological polar surface area (TPSA) is 77.8 Å². The lowest BCUT2D eigenvalue weighted by Crippen LogP contribution is -2.38. The van der Waals surface area contributed by atoms with E-state index >= 15 is 0 Å². The third kappa shape index (κ3) is 10.7. The van der Waals surface area contributed by atoms with Crippen molar-refractivity contribution in [3.8, 4) is 0 Å². The molecule has 0 bridgehead atoms. The van der Waals surface area contributed by atoms with Crippen molar-refractivity contribution in [1.82, 2.24) is 0 Å². The molecule has 2 aliphatic carbocycles. The van der Waals surface area contributed by atoms with Gasteiger partial charge >= 0.3 is 0 Å². The zero-order chi connectivity index (χ0) is 33.3. The summed E-state index contributed by atoms with van der Waals surface area (Å²) in [5, 5.41) is 30.6. The normalized spacial score (nSPS) is 24.0. The first-order valence-corrected chi connectivity index (χ1v) is 15.6. The van der Waals surface area contributed by atoms with Crippen LogP contribution < -0.4 is 0 Å². The Kier molecular flexibility index (Phi) is 13.1. The number of carbonyl (C=O) groups excluding carboxylic acids is 1. The van der Waals surface area contributed by atoms with E-state index in [-0.39, 0.29) is 16.6 Å². The molecule has 0 amide bonds. The van der Waals surface area contributed by atoms with Gasteiger partial charge in [0.25, 0.3) is 0 Å². The lowest BCUT2D eigenvalue weighted by atomic mass is 9.70. The third-order valence-electron chi connectivity index (χ3n) is 8.63. The van der Waals surface area contributed by atoms with Gasteiger partial charge in [0, 0.05) is 6.42 Å². The van der Waals surface area contributed by atoms with E-state index in [4.69, 9.17) is 0 Å². The number of hydrogen-bond acceptors (Lipinski definition) is 4. The van der Waals surface area contributed by atoms with Crippen molar-refractivity contribution in [2.24, 2.45) is 10.8 Å². The molecular weight excluding hydrogens is 544 g/mol. The summed E-state index contributed by atoms with van der Waals surface area (Å²) in [6, 6.07) is 0. The molecule has 0 aromatic rings. The first-order chi connectivity index (χ1) is 20.4. The van der Waals surface area contributed by atoms with Gasteiger partial charge in [-0.25, -0.2) is 0 Å². The van der Waals surface area contributed by atoms with Crippen LogP contribution in [0.2, 0.25) is 0 Å². The molecule has 2 aliphatic rings. The van der Waals surface area contributed by atoms with Crippen LogP contribution in [0.15, 0.2) is 130 Å². The molecule has 1 unspecified atom stereocenters. The molecule has 4 heteroatoms. The zero-order valence-corrected chi connectivity index (χ0v) is 28.5. The quantitative estimate of drug-likeness (QED) is 0.173. The highest BCUT2D eigenvalue weighted by Crippen LogP contribution is 2.44. The Hall–Kier alpha value is -3.31. The van der Waals surface area contributed by atoms with E-state index in [1.807, 2.05) is 81.5 Å². The second-order valence-electron chi connectivity index (χ2n) is 13.7. The summed E-state index contributed by atoms with van der Waals surface area (Å²) in [6.07, 6.45) is 29.1. The van der Waals surface area contributed by atoms with Crippen molar-refractivity contribution in [3.63, 3.8) is 0 Å². The van der Waals surface area contributed by atoms with Crippen LogP contribution in [0.1, 0.15) is 88.5 Å². The van der Waals surface area contributed by atoms with Crippen LogP contribution in [0.5, 0.6) is 0 Å². The molecule has 0 aliphatic heterocycles. The Morgan fingerprint density at radius 3 is 1.59 bits per heavy atom. The molecule has 0 radical (unpaired) electrons. The molecule has 0 spiro atoms. The average Bonchev–Trinajstić information content (AvgIpc) is 2.92. The maximum Gasteiger partial charge on any atom is 0.187 e. The van der Waals surface area contributed by atoms with Gasteiger partial charge in [-0.05, 0) is 87.5 Å².